The van der Waals surface area contributed by atoms with Gasteiger partial charge in [0.25, 0.3) is 0 Å². The van der Waals surface area contributed by atoms with Crippen LogP contribution in [0.1, 0.15) is 50.3 Å². The van der Waals surface area contributed by atoms with Crippen molar-refractivity contribution >= 4 is 5.69 Å². The maximum Gasteiger partial charge on any atom is 0.120 e. The van der Waals surface area contributed by atoms with E-state index in [4.69, 9.17) is 0 Å². The van der Waals surface area contributed by atoms with Gasteiger partial charge in [0.15, 0.2) is 0 Å². The van der Waals surface area contributed by atoms with Crippen LogP contribution in [-0.4, -0.2) is 5.11 Å². The van der Waals surface area contributed by atoms with Crippen molar-refractivity contribution in [2.45, 2.75) is 39.2 Å². The van der Waals surface area contributed by atoms with Crippen LogP contribution in [0.25, 0.3) is 0 Å². The van der Waals surface area contributed by atoms with Crippen LogP contribution in [0.2, 0.25) is 0 Å². The lowest BCUT2D eigenvalue weighted by Crippen LogP contribution is -2.09. The van der Waals surface area contributed by atoms with E-state index < -0.39 is 0 Å². The first kappa shape index (κ1) is 14.4. The molecule has 2 aromatic rings. The third kappa shape index (κ3) is 3.32. The minimum Gasteiger partial charge on any atom is -0.508 e. The van der Waals surface area contributed by atoms with Gasteiger partial charge in [-0.1, -0.05) is 51.1 Å². The number of aromatic hydroxyl groups is 1. The smallest absolute Gasteiger partial charge is 0.120 e. The average molecular weight is 269 g/mol. The Morgan fingerprint density at radius 2 is 1.65 bits per heavy atom. The summed E-state index contributed by atoms with van der Waals surface area (Å²) in [5.41, 5.74) is 3.37. The molecule has 0 bridgehead atoms. The van der Waals surface area contributed by atoms with Crippen LogP contribution in [0, 0.1) is 0 Å². The van der Waals surface area contributed by atoms with Gasteiger partial charge in [-0.15, -0.1) is 0 Å². The van der Waals surface area contributed by atoms with Crippen molar-refractivity contribution < 1.29 is 5.11 Å². The molecule has 0 fully saturated rings. The summed E-state index contributed by atoms with van der Waals surface area (Å²) in [7, 11) is 0. The molecule has 2 aromatic carbocycles. The summed E-state index contributed by atoms with van der Waals surface area (Å²) >= 11 is 0. The Hall–Kier alpha value is -1.96. The van der Waals surface area contributed by atoms with Gasteiger partial charge >= 0.3 is 0 Å². The molecule has 0 heterocycles. The first-order chi connectivity index (χ1) is 9.61. The van der Waals surface area contributed by atoms with Gasteiger partial charge in [0.2, 0.25) is 0 Å². The molecule has 0 saturated carbocycles. The Balaban J connectivity index is 2.16. The van der Waals surface area contributed by atoms with E-state index in [9.17, 15) is 5.11 Å². The SMILES string of the molecule is CCC(Nc1ccc(C(C)C)cc1)c1ccccc1O. The van der Waals surface area contributed by atoms with E-state index in [0.717, 1.165) is 17.7 Å². The van der Waals surface area contributed by atoms with Crippen LogP contribution in [0.5, 0.6) is 5.75 Å². The summed E-state index contributed by atoms with van der Waals surface area (Å²) in [6.07, 6.45) is 0.920. The first-order valence-corrected chi connectivity index (χ1v) is 7.26. The monoisotopic (exact) mass is 269 g/mol. The molecule has 0 aliphatic rings. The summed E-state index contributed by atoms with van der Waals surface area (Å²) in [4.78, 5) is 0. The van der Waals surface area contributed by atoms with E-state index >= 15 is 0 Å². The molecule has 0 aliphatic carbocycles. The van der Waals surface area contributed by atoms with Gasteiger partial charge in [-0.3, -0.25) is 0 Å². The average Bonchev–Trinajstić information content (AvgIpc) is 2.46. The third-order valence-electron chi connectivity index (χ3n) is 3.64. The van der Waals surface area contributed by atoms with Gasteiger partial charge in [-0.25, -0.2) is 0 Å². The van der Waals surface area contributed by atoms with Crippen LogP contribution < -0.4 is 5.32 Å². The van der Waals surface area contributed by atoms with Gasteiger partial charge in [0.1, 0.15) is 5.75 Å². The summed E-state index contributed by atoms with van der Waals surface area (Å²) in [5.74, 6) is 0.898. The molecule has 0 amide bonds. The topological polar surface area (TPSA) is 32.3 Å². The zero-order valence-electron chi connectivity index (χ0n) is 12.4. The largest absolute Gasteiger partial charge is 0.508 e. The molecule has 0 radical (unpaired) electrons. The molecule has 0 aliphatic heterocycles. The molecule has 20 heavy (non-hydrogen) atoms. The lowest BCUT2D eigenvalue weighted by atomic mass is 10.0. The number of phenols is 1. The Morgan fingerprint density at radius 3 is 2.20 bits per heavy atom. The molecule has 2 heteroatoms. The number of phenolic OH excluding ortho intramolecular Hbond substituents is 1. The minimum atomic E-state index is 0.126. The Kier molecular flexibility index (Phi) is 4.67. The molecule has 2 nitrogen and oxygen atoms in total. The number of hydrogen-bond donors (Lipinski definition) is 2. The molecular weight excluding hydrogens is 246 g/mol. The minimum absolute atomic E-state index is 0.126. The number of para-hydroxylation sites is 1. The summed E-state index contributed by atoms with van der Waals surface area (Å²) in [5, 5.41) is 13.5. The van der Waals surface area contributed by atoms with Crippen LogP contribution in [0.3, 0.4) is 0 Å². The van der Waals surface area contributed by atoms with Gasteiger partial charge < -0.3 is 10.4 Å². The van der Waals surface area contributed by atoms with Crippen LogP contribution in [-0.2, 0) is 0 Å². The van der Waals surface area contributed by atoms with E-state index in [-0.39, 0.29) is 6.04 Å². The predicted molar refractivity (Wildman–Crippen MR) is 85.3 cm³/mol. The predicted octanol–water partition coefficient (Wildman–Crippen LogP) is 5.08. The second kappa shape index (κ2) is 6.47. The third-order valence-corrected chi connectivity index (χ3v) is 3.64. The molecule has 0 saturated heterocycles. The van der Waals surface area contributed by atoms with Crippen molar-refractivity contribution in [3.63, 3.8) is 0 Å². The lowest BCUT2D eigenvalue weighted by molar-refractivity contribution is 0.463. The van der Waals surface area contributed by atoms with E-state index in [1.54, 1.807) is 6.07 Å². The molecule has 0 spiro atoms. The summed E-state index contributed by atoms with van der Waals surface area (Å²) in [6.45, 7) is 6.51. The lowest BCUT2D eigenvalue weighted by Gasteiger charge is -2.20. The van der Waals surface area contributed by atoms with Crippen molar-refractivity contribution in [1.82, 2.24) is 0 Å². The molecule has 2 rings (SSSR count). The van der Waals surface area contributed by atoms with Gasteiger partial charge in [0, 0.05) is 11.3 Å². The maximum atomic E-state index is 9.97. The van der Waals surface area contributed by atoms with E-state index in [2.05, 4.69) is 50.4 Å². The molecule has 2 N–H and O–H groups in total. The molecular formula is C18H23NO. The van der Waals surface area contributed by atoms with Crippen LogP contribution in [0.15, 0.2) is 48.5 Å². The molecule has 106 valence electrons. The maximum absolute atomic E-state index is 9.97. The van der Waals surface area contributed by atoms with Crippen molar-refractivity contribution in [3.8, 4) is 5.75 Å². The highest BCUT2D eigenvalue weighted by Crippen LogP contribution is 2.29. The zero-order valence-corrected chi connectivity index (χ0v) is 12.4. The Bertz CT molecular complexity index is 546. The number of benzene rings is 2. The Morgan fingerprint density at radius 1 is 1.00 bits per heavy atom. The highest BCUT2D eigenvalue weighted by Gasteiger charge is 2.12. The van der Waals surface area contributed by atoms with Gasteiger partial charge in [-0.05, 0) is 36.1 Å². The molecule has 1 unspecified atom stereocenters. The quantitative estimate of drug-likeness (QED) is 0.793. The van der Waals surface area contributed by atoms with Crippen molar-refractivity contribution in [2.75, 3.05) is 5.32 Å². The van der Waals surface area contributed by atoms with Crippen molar-refractivity contribution in [2.24, 2.45) is 0 Å². The molecule has 0 aromatic heterocycles. The number of hydrogen-bond acceptors (Lipinski definition) is 2. The van der Waals surface area contributed by atoms with Crippen molar-refractivity contribution in [3.05, 3.63) is 59.7 Å². The standard InChI is InChI=1S/C18H23NO/c1-4-17(16-7-5-6-8-18(16)20)19-15-11-9-14(10-12-15)13(2)3/h5-13,17,19-20H,4H2,1-3H3. The zero-order chi connectivity index (χ0) is 14.5. The summed E-state index contributed by atoms with van der Waals surface area (Å²) < 4.78 is 0. The van der Waals surface area contributed by atoms with Gasteiger partial charge in [-0.2, -0.15) is 0 Å². The first-order valence-electron chi connectivity index (χ1n) is 7.26. The van der Waals surface area contributed by atoms with E-state index in [1.165, 1.54) is 5.56 Å². The Labute approximate surface area is 121 Å². The second-order valence-corrected chi connectivity index (χ2v) is 5.44. The fraction of sp³-hybridized carbons (Fsp3) is 0.333. The van der Waals surface area contributed by atoms with Crippen LogP contribution >= 0.6 is 0 Å². The van der Waals surface area contributed by atoms with Gasteiger partial charge in [0.05, 0.1) is 6.04 Å². The van der Waals surface area contributed by atoms with Crippen molar-refractivity contribution in [1.29, 1.82) is 0 Å². The van der Waals surface area contributed by atoms with E-state index in [0.29, 0.717) is 11.7 Å². The van der Waals surface area contributed by atoms with Crippen LogP contribution in [0.4, 0.5) is 5.69 Å². The molecule has 1 atom stereocenters. The summed E-state index contributed by atoms with van der Waals surface area (Å²) in [6, 6.07) is 16.2. The fourth-order valence-corrected chi connectivity index (χ4v) is 2.35. The fourth-order valence-electron chi connectivity index (χ4n) is 2.35. The highest BCUT2D eigenvalue weighted by molar-refractivity contribution is 5.49. The number of anilines is 1. The van der Waals surface area contributed by atoms with E-state index in [1.807, 2.05) is 18.2 Å². The number of rotatable bonds is 5. The number of nitrogens with one attached hydrogen (secondary N) is 1. The highest BCUT2D eigenvalue weighted by atomic mass is 16.3. The normalized spacial score (nSPS) is 12.4. The second-order valence-electron chi connectivity index (χ2n) is 5.44.